The minimum absolute atomic E-state index is 0.0511. The van der Waals surface area contributed by atoms with E-state index in [1.165, 1.54) is 23.6 Å². The van der Waals surface area contributed by atoms with Crippen LogP contribution < -0.4 is 4.90 Å². The van der Waals surface area contributed by atoms with Gasteiger partial charge in [-0.25, -0.2) is 4.39 Å². The molecule has 1 amide bonds. The highest BCUT2D eigenvalue weighted by atomic mass is 19.1. The van der Waals surface area contributed by atoms with Gasteiger partial charge in [-0.3, -0.25) is 4.79 Å². The number of carbonyl (C=O) groups excluding carboxylic acids is 1. The van der Waals surface area contributed by atoms with E-state index in [1.54, 1.807) is 23.1 Å². The number of halogens is 1. The smallest absolute Gasteiger partial charge is 0.260 e. The fourth-order valence-corrected chi connectivity index (χ4v) is 4.00. The molecule has 2 aliphatic rings. The number of carbonyl (C=O) groups is 1. The normalized spacial score (nSPS) is 18.9. The van der Waals surface area contributed by atoms with Gasteiger partial charge in [-0.2, -0.15) is 4.98 Å². The Morgan fingerprint density at radius 1 is 1.11 bits per heavy atom. The Kier molecular flexibility index (Phi) is 3.77. The second-order valence-electron chi connectivity index (χ2n) is 7.15. The van der Waals surface area contributed by atoms with E-state index in [4.69, 9.17) is 4.52 Å². The lowest BCUT2D eigenvalue weighted by atomic mass is 10.1. The monoisotopic (exact) mass is 363 g/mol. The first kappa shape index (κ1) is 16.2. The van der Waals surface area contributed by atoms with Crippen LogP contribution in [0.5, 0.6) is 0 Å². The van der Waals surface area contributed by atoms with Crippen LogP contribution in [0.15, 0.2) is 47.0 Å². The predicted molar refractivity (Wildman–Crippen MR) is 97.9 cm³/mol. The number of fused-ring (bicyclic) bond motifs is 1. The molecule has 0 radical (unpaired) electrons. The van der Waals surface area contributed by atoms with Gasteiger partial charge < -0.3 is 9.42 Å². The Bertz CT molecular complexity index is 1030. The Hall–Kier alpha value is -3.02. The molecule has 2 aromatic carbocycles. The molecule has 1 atom stereocenters. The summed E-state index contributed by atoms with van der Waals surface area (Å²) in [5, 5.41) is 4.00. The number of benzene rings is 2. The molecular weight excluding hydrogens is 345 g/mol. The van der Waals surface area contributed by atoms with E-state index in [1.807, 2.05) is 6.07 Å². The van der Waals surface area contributed by atoms with E-state index in [0.717, 1.165) is 18.5 Å². The van der Waals surface area contributed by atoms with Crippen molar-refractivity contribution in [2.24, 2.45) is 0 Å². The van der Waals surface area contributed by atoms with Gasteiger partial charge in [-0.05, 0) is 54.7 Å². The van der Waals surface area contributed by atoms with Gasteiger partial charge in [-0.15, -0.1) is 0 Å². The molecule has 0 spiro atoms. The van der Waals surface area contributed by atoms with E-state index in [9.17, 15) is 9.18 Å². The molecule has 1 aliphatic carbocycles. The van der Waals surface area contributed by atoms with Gasteiger partial charge in [0.2, 0.25) is 5.91 Å². The third-order valence-corrected chi connectivity index (χ3v) is 5.43. The van der Waals surface area contributed by atoms with E-state index in [2.05, 4.69) is 22.3 Å². The Balaban J connectivity index is 1.39. The van der Waals surface area contributed by atoms with Crippen molar-refractivity contribution >= 4 is 11.6 Å². The maximum Gasteiger partial charge on any atom is 0.260 e. The summed E-state index contributed by atoms with van der Waals surface area (Å²) in [6, 6.07) is 12.6. The van der Waals surface area contributed by atoms with Crippen molar-refractivity contribution in [1.29, 1.82) is 0 Å². The van der Waals surface area contributed by atoms with Gasteiger partial charge in [0.15, 0.2) is 5.82 Å². The van der Waals surface area contributed by atoms with Crippen LogP contribution in [0, 0.1) is 5.82 Å². The van der Waals surface area contributed by atoms with Crippen LogP contribution in [-0.4, -0.2) is 22.6 Å². The summed E-state index contributed by atoms with van der Waals surface area (Å²) in [5.74, 6) is 0.0805. The third-order valence-electron chi connectivity index (χ3n) is 5.43. The van der Waals surface area contributed by atoms with Gasteiger partial charge in [0, 0.05) is 24.6 Å². The quantitative estimate of drug-likeness (QED) is 0.708. The SMILES string of the molecule is O=C1CC(c2noc(-c3ccccc3F)n2)CN1c1ccc2c(c1)CCC2. The van der Waals surface area contributed by atoms with Crippen molar-refractivity contribution in [3.8, 4) is 11.5 Å². The molecule has 27 heavy (non-hydrogen) atoms. The van der Waals surface area contributed by atoms with Crippen LogP contribution in [-0.2, 0) is 17.6 Å². The summed E-state index contributed by atoms with van der Waals surface area (Å²) in [6.45, 7) is 0.508. The van der Waals surface area contributed by atoms with Crippen LogP contribution in [0.25, 0.3) is 11.5 Å². The fourth-order valence-electron chi connectivity index (χ4n) is 4.00. The number of nitrogens with zero attached hydrogens (tertiary/aromatic N) is 3. The van der Waals surface area contributed by atoms with Crippen LogP contribution in [0.4, 0.5) is 10.1 Å². The number of hydrogen-bond donors (Lipinski definition) is 0. The van der Waals surface area contributed by atoms with Crippen LogP contribution in [0.2, 0.25) is 0 Å². The number of anilines is 1. The molecule has 1 aliphatic heterocycles. The molecule has 1 saturated heterocycles. The number of hydrogen-bond acceptors (Lipinski definition) is 4. The lowest BCUT2D eigenvalue weighted by Gasteiger charge is -2.17. The summed E-state index contributed by atoms with van der Waals surface area (Å²) < 4.78 is 19.2. The second-order valence-corrected chi connectivity index (χ2v) is 7.15. The van der Waals surface area contributed by atoms with Gasteiger partial charge in [-0.1, -0.05) is 23.4 Å². The highest BCUT2D eigenvalue weighted by Gasteiger charge is 2.35. The Morgan fingerprint density at radius 3 is 2.85 bits per heavy atom. The van der Waals surface area contributed by atoms with E-state index in [-0.39, 0.29) is 23.3 Å². The molecule has 0 bridgehead atoms. The average Bonchev–Trinajstić information content (AvgIpc) is 3.40. The number of rotatable bonds is 3. The summed E-state index contributed by atoms with van der Waals surface area (Å²) >= 11 is 0. The van der Waals surface area contributed by atoms with E-state index >= 15 is 0 Å². The zero-order valence-corrected chi connectivity index (χ0v) is 14.7. The molecule has 3 aromatic rings. The first-order chi connectivity index (χ1) is 13.2. The molecular formula is C21H18FN3O2. The fraction of sp³-hybridized carbons (Fsp3) is 0.286. The van der Waals surface area contributed by atoms with Gasteiger partial charge in [0.1, 0.15) is 5.82 Å². The highest BCUT2D eigenvalue weighted by molar-refractivity contribution is 5.96. The number of aromatic nitrogens is 2. The molecule has 136 valence electrons. The lowest BCUT2D eigenvalue weighted by molar-refractivity contribution is -0.117. The predicted octanol–water partition coefficient (Wildman–Crippen LogP) is 3.88. The van der Waals surface area contributed by atoms with Crippen molar-refractivity contribution in [3.05, 3.63) is 65.2 Å². The van der Waals surface area contributed by atoms with E-state index in [0.29, 0.717) is 18.8 Å². The maximum atomic E-state index is 13.9. The standard InChI is InChI=1S/C21H18FN3O2/c22-18-7-2-1-6-17(18)21-23-20(24-27-21)15-11-19(26)25(12-15)16-9-8-13-4-3-5-14(13)10-16/h1-2,6-10,15H,3-5,11-12H2. The highest BCUT2D eigenvalue weighted by Crippen LogP contribution is 2.34. The molecule has 0 N–H and O–H groups in total. The van der Waals surface area contributed by atoms with Crippen LogP contribution >= 0.6 is 0 Å². The van der Waals surface area contributed by atoms with Gasteiger partial charge in [0.05, 0.1) is 5.56 Å². The molecule has 2 heterocycles. The van der Waals surface area contributed by atoms with E-state index < -0.39 is 5.82 Å². The Labute approximate surface area is 155 Å². The summed E-state index contributed by atoms with van der Waals surface area (Å²) in [5.41, 5.74) is 3.93. The molecule has 0 saturated carbocycles. The molecule has 1 fully saturated rings. The second kappa shape index (κ2) is 6.30. The summed E-state index contributed by atoms with van der Waals surface area (Å²) in [6.07, 6.45) is 3.70. The average molecular weight is 363 g/mol. The third kappa shape index (κ3) is 2.81. The van der Waals surface area contributed by atoms with Crippen molar-refractivity contribution in [2.45, 2.75) is 31.6 Å². The van der Waals surface area contributed by atoms with Crippen molar-refractivity contribution in [3.63, 3.8) is 0 Å². The molecule has 1 aromatic heterocycles. The molecule has 5 nitrogen and oxygen atoms in total. The van der Waals surface area contributed by atoms with Gasteiger partial charge >= 0.3 is 0 Å². The molecule has 5 rings (SSSR count). The summed E-state index contributed by atoms with van der Waals surface area (Å²) in [7, 11) is 0. The number of amides is 1. The number of aryl methyl sites for hydroxylation is 2. The van der Waals surface area contributed by atoms with Crippen LogP contribution in [0.1, 0.15) is 35.7 Å². The minimum Gasteiger partial charge on any atom is -0.334 e. The van der Waals surface area contributed by atoms with Crippen LogP contribution in [0.3, 0.4) is 0 Å². The topological polar surface area (TPSA) is 59.2 Å². The first-order valence-corrected chi connectivity index (χ1v) is 9.20. The zero-order chi connectivity index (χ0) is 18.4. The zero-order valence-electron chi connectivity index (χ0n) is 14.7. The Morgan fingerprint density at radius 2 is 1.96 bits per heavy atom. The summed E-state index contributed by atoms with van der Waals surface area (Å²) in [4.78, 5) is 18.7. The van der Waals surface area contributed by atoms with Crippen molar-refractivity contribution < 1.29 is 13.7 Å². The molecule has 1 unspecified atom stereocenters. The minimum atomic E-state index is -0.407. The van der Waals surface area contributed by atoms with Crippen molar-refractivity contribution in [1.82, 2.24) is 10.1 Å². The van der Waals surface area contributed by atoms with Crippen molar-refractivity contribution in [2.75, 3.05) is 11.4 Å². The largest absolute Gasteiger partial charge is 0.334 e. The lowest BCUT2D eigenvalue weighted by Crippen LogP contribution is -2.24. The first-order valence-electron chi connectivity index (χ1n) is 9.20. The maximum absolute atomic E-state index is 13.9. The van der Waals surface area contributed by atoms with Gasteiger partial charge in [0.25, 0.3) is 5.89 Å². The molecule has 6 heteroatoms.